The third-order valence-corrected chi connectivity index (χ3v) is 5.59. The average molecular weight is 362 g/mol. The number of hydrogen-bond donors (Lipinski definition) is 1. The van der Waals surface area contributed by atoms with Crippen LogP contribution in [0.15, 0.2) is 48.5 Å². The minimum Gasteiger partial charge on any atom is -0.496 e. The normalized spacial score (nSPS) is 15.1. The fourth-order valence-electron chi connectivity index (χ4n) is 4.04. The van der Waals surface area contributed by atoms with E-state index >= 15 is 0 Å². The van der Waals surface area contributed by atoms with Crippen LogP contribution in [0, 0.1) is 11.3 Å². The molecular weight excluding hydrogens is 336 g/mol. The first-order chi connectivity index (χ1) is 13.2. The number of ether oxygens (including phenoxy) is 1. The van der Waals surface area contributed by atoms with Crippen molar-refractivity contribution in [2.45, 2.75) is 43.9 Å². The van der Waals surface area contributed by atoms with Crippen LogP contribution in [0.3, 0.4) is 0 Å². The number of nitriles is 1. The van der Waals surface area contributed by atoms with Crippen molar-refractivity contribution in [2.75, 3.05) is 13.7 Å². The second-order valence-corrected chi connectivity index (χ2v) is 7.27. The van der Waals surface area contributed by atoms with Gasteiger partial charge in [-0.3, -0.25) is 4.79 Å². The summed E-state index contributed by atoms with van der Waals surface area (Å²) in [4.78, 5) is 12.4. The molecule has 0 spiro atoms. The Bertz CT molecular complexity index is 815. The van der Waals surface area contributed by atoms with Crippen LogP contribution in [0.5, 0.6) is 5.75 Å². The average Bonchev–Trinajstić information content (AvgIpc) is 3.21. The highest BCUT2D eigenvalue weighted by molar-refractivity contribution is 5.76. The molecule has 27 heavy (non-hydrogen) atoms. The number of para-hydroxylation sites is 1. The van der Waals surface area contributed by atoms with Crippen LogP contribution < -0.4 is 10.1 Å². The van der Waals surface area contributed by atoms with Crippen molar-refractivity contribution >= 4 is 5.91 Å². The monoisotopic (exact) mass is 362 g/mol. The summed E-state index contributed by atoms with van der Waals surface area (Å²) in [6, 6.07) is 17.7. The molecular formula is C23H26N2O2. The molecule has 2 aromatic rings. The van der Waals surface area contributed by atoms with Gasteiger partial charge in [0.05, 0.1) is 18.7 Å². The van der Waals surface area contributed by atoms with Gasteiger partial charge in [-0.25, -0.2) is 0 Å². The highest BCUT2D eigenvalue weighted by Gasteiger charge is 2.37. The molecule has 0 bridgehead atoms. The maximum absolute atomic E-state index is 12.4. The summed E-state index contributed by atoms with van der Waals surface area (Å²) < 4.78 is 5.58. The van der Waals surface area contributed by atoms with Gasteiger partial charge in [-0.1, -0.05) is 43.2 Å². The first-order valence-corrected chi connectivity index (χ1v) is 9.56. The zero-order chi connectivity index (χ0) is 19.1. The Morgan fingerprint density at radius 1 is 1.15 bits per heavy atom. The lowest BCUT2D eigenvalue weighted by molar-refractivity contribution is -0.121. The number of carbonyl (C=O) groups is 1. The van der Waals surface area contributed by atoms with Gasteiger partial charge in [0.25, 0.3) is 0 Å². The van der Waals surface area contributed by atoms with E-state index < -0.39 is 0 Å². The summed E-state index contributed by atoms with van der Waals surface area (Å²) in [5.74, 6) is 0.978. The van der Waals surface area contributed by atoms with Crippen molar-refractivity contribution in [1.82, 2.24) is 5.32 Å². The highest BCUT2D eigenvalue weighted by Crippen LogP contribution is 2.44. The van der Waals surface area contributed by atoms with E-state index in [2.05, 4.69) is 17.5 Å². The molecule has 4 nitrogen and oxygen atoms in total. The minimum atomic E-state index is -0.0310. The molecule has 1 aliphatic carbocycles. The molecule has 0 saturated heterocycles. The lowest BCUT2D eigenvalue weighted by Crippen LogP contribution is -2.39. The van der Waals surface area contributed by atoms with Crippen molar-refractivity contribution in [3.63, 3.8) is 0 Å². The summed E-state index contributed by atoms with van der Waals surface area (Å²) >= 11 is 0. The van der Waals surface area contributed by atoms with Gasteiger partial charge in [-0.2, -0.15) is 5.26 Å². The van der Waals surface area contributed by atoms with Crippen LogP contribution in [0.2, 0.25) is 0 Å². The number of nitrogens with one attached hydrogen (secondary N) is 1. The van der Waals surface area contributed by atoms with Crippen molar-refractivity contribution in [3.05, 3.63) is 65.2 Å². The number of methoxy groups -OCH3 is 1. The van der Waals surface area contributed by atoms with Gasteiger partial charge in [0, 0.05) is 23.9 Å². The fraction of sp³-hybridized carbons (Fsp3) is 0.391. The van der Waals surface area contributed by atoms with Crippen molar-refractivity contribution in [1.29, 1.82) is 5.26 Å². The van der Waals surface area contributed by atoms with Gasteiger partial charge in [-0.15, -0.1) is 0 Å². The number of aryl methyl sites for hydroxylation is 1. The topological polar surface area (TPSA) is 62.1 Å². The molecule has 0 unspecified atom stereocenters. The lowest BCUT2D eigenvalue weighted by atomic mass is 9.78. The number of rotatable bonds is 7. The number of carbonyl (C=O) groups excluding carboxylic acids is 1. The SMILES string of the molecule is COc1ccccc1C1(CNC(=O)CCc2ccc(C#N)cc2)CCCC1. The van der Waals surface area contributed by atoms with E-state index in [0.29, 0.717) is 24.9 Å². The summed E-state index contributed by atoms with van der Waals surface area (Å²) in [6.45, 7) is 0.652. The van der Waals surface area contributed by atoms with Crippen LogP contribution >= 0.6 is 0 Å². The summed E-state index contributed by atoms with van der Waals surface area (Å²) in [7, 11) is 1.71. The Kier molecular flexibility index (Phi) is 6.13. The molecule has 0 aromatic heterocycles. The van der Waals surface area contributed by atoms with Gasteiger partial charge in [-0.05, 0) is 43.0 Å². The second kappa shape index (κ2) is 8.73. The molecule has 1 N–H and O–H groups in total. The van der Waals surface area contributed by atoms with E-state index in [4.69, 9.17) is 10.00 Å². The van der Waals surface area contributed by atoms with Gasteiger partial charge < -0.3 is 10.1 Å². The Morgan fingerprint density at radius 3 is 2.52 bits per heavy atom. The Labute approximate surface area is 161 Å². The van der Waals surface area contributed by atoms with Gasteiger partial charge >= 0.3 is 0 Å². The number of nitrogens with zero attached hydrogens (tertiary/aromatic N) is 1. The largest absolute Gasteiger partial charge is 0.496 e. The zero-order valence-electron chi connectivity index (χ0n) is 15.8. The molecule has 0 atom stereocenters. The van der Waals surface area contributed by atoms with Crippen molar-refractivity contribution < 1.29 is 9.53 Å². The molecule has 1 fully saturated rings. The summed E-state index contributed by atoms with van der Waals surface area (Å²) in [5.41, 5.74) is 2.89. The highest BCUT2D eigenvalue weighted by atomic mass is 16.5. The predicted octanol–water partition coefficient (Wildman–Crippen LogP) is 4.13. The molecule has 2 aromatic carbocycles. The van der Waals surface area contributed by atoms with Crippen LogP contribution in [-0.2, 0) is 16.6 Å². The Balaban J connectivity index is 1.61. The van der Waals surface area contributed by atoms with Crippen molar-refractivity contribution in [2.24, 2.45) is 0 Å². The molecule has 1 aliphatic rings. The zero-order valence-corrected chi connectivity index (χ0v) is 15.8. The van der Waals surface area contributed by atoms with Gasteiger partial charge in [0.15, 0.2) is 0 Å². The van der Waals surface area contributed by atoms with Crippen LogP contribution in [0.4, 0.5) is 0 Å². The second-order valence-electron chi connectivity index (χ2n) is 7.27. The van der Waals surface area contributed by atoms with E-state index in [1.807, 2.05) is 30.3 Å². The van der Waals surface area contributed by atoms with E-state index in [0.717, 1.165) is 24.2 Å². The predicted molar refractivity (Wildman–Crippen MR) is 106 cm³/mol. The standard InChI is InChI=1S/C23H26N2O2/c1-27-21-7-3-2-6-20(21)23(14-4-5-15-23)17-25-22(26)13-12-18-8-10-19(16-24)11-9-18/h2-3,6-11H,4-5,12-15,17H2,1H3,(H,25,26). The number of amides is 1. The van der Waals surface area contributed by atoms with Gasteiger partial charge in [0.1, 0.15) is 5.75 Å². The van der Waals surface area contributed by atoms with Crippen molar-refractivity contribution in [3.8, 4) is 11.8 Å². The molecule has 0 heterocycles. The van der Waals surface area contributed by atoms with Gasteiger partial charge in [0.2, 0.25) is 5.91 Å². The summed E-state index contributed by atoms with van der Waals surface area (Å²) in [6.07, 6.45) is 5.64. The van der Waals surface area contributed by atoms with Crippen LogP contribution in [0.25, 0.3) is 0 Å². The van der Waals surface area contributed by atoms with E-state index in [-0.39, 0.29) is 11.3 Å². The quantitative estimate of drug-likeness (QED) is 0.806. The van der Waals surface area contributed by atoms with E-state index in [1.54, 1.807) is 19.2 Å². The molecule has 0 radical (unpaired) electrons. The maximum atomic E-state index is 12.4. The smallest absolute Gasteiger partial charge is 0.220 e. The van der Waals surface area contributed by atoms with Crippen LogP contribution in [-0.4, -0.2) is 19.6 Å². The number of benzene rings is 2. The van der Waals surface area contributed by atoms with E-state index in [9.17, 15) is 4.79 Å². The first kappa shape index (κ1) is 19.0. The van der Waals surface area contributed by atoms with Crippen LogP contribution in [0.1, 0.15) is 48.8 Å². The fourth-order valence-corrected chi connectivity index (χ4v) is 4.04. The first-order valence-electron chi connectivity index (χ1n) is 9.56. The molecule has 4 heteroatoms. The lowest BCUT2D eigenvalue weighted by Gasteiger charge is -2.31. The third-order valence-electron chi connectivity index (χ3n) is 5.59. The van der Waals surface area contributed by atoms with E-state index in [1.165, 1.54) is 18.4 Å². The Morgan fingerprint density at radius 2 is 1.85 bits per heavy atom. The molecule has 0 aliphatic heterocycles. The maximum Gasteiger partial charge on any atom is 0.220 e. The Hall–Kier alpha value is -2.80. The molecule has 1 saturated carbocycles. The minimum absolute atomic E-state index is 0.0310. The molecule has 3 rings (SSSR count). The summed E-state index contributed by atoms with van der Waals surface area (Å²) in [5, 5.41) is 12.0. The molecule has 1 amide bonds. The molecule has 140 valence electrons. The third kappa shape index (κ3) is 4.49. The number of hydrogen-bond acceptors (Lipinski definition) is 3.